The molecule has 0 unspecified atom stereocenters. The van der Waals surface area contributed by atoms with Gasteiger partial charge in [-0.2, -0.15) is 0 Å². The molecule has 0 radical (unpaired) electrons. The Kier molecular flexibility index (Phi) is 11.3. The first-order valence-electron chi connectivity index (χ1n) is 9.49. The molecule has 2 rings (SSSR count). The van der Waals surface area contributed by atoms with Crippen molar-refractivity contribution >= 4 is 35.8 Å². The minimum absolute atomic E-state index is 0. The van der Waals surface area contributed by atoms with Crippen LogP contribution in [0.25, 0.3) is 0 Å². The van der Waals surface area contributed by atoms with Crippen LogP contribution in [0.2, 0.25) is 0 Å². The maximum Gasteiger partial charge on any atom is 0.224 e. The molecule has 7 heteroatoms. The first-order valence-corrected chi connectivity index (χ1v) is 9.49. The second kappa shape index (κ2) is 12.9. The second-order valence-corrected chi connectivity index (χ2v) is 6.60. The number of nitrogens with zero attached hydrogens (tertiary/aromatic N) is 3. The first kappa shape index (κ1) is 23.7. The van der Waals surface area contributed by atoms with E-state index in [1.807, 2.05) is 44.3 Å². The molecular weight excluding hydrogens is 455 g/mol. The summed E-state index contributed by atoms with van der Waals surface area (Å²) < 4.78 is 5.70. The number of benzene rings is 1. The third-order valence-electron chi connectivity index (χ3n) is 4.67. The Bertz CT molecular complexity index is 575. The number of amides is 1. The Morgan fingerprint density at radius 3 is 2.56 bits per heavy atom. The number of carbonyl (C=O) groups is 1. The summed E-state index contributed by atoms with van der Waals surface area (Å²) in [5.74, 6) is 1.00. The van der Waals surface area contributed by atoms with E-state index in [1.54, 1.807) is 11.9 Å². The lowest BCUT2D eigenvalue weighted by molar-refractivity contribution is -0.130. The Hall–Kier alpha value is -1.35. The van der Waals surface area contributed by atoms with E-state index in [-0.39, 0.29) is 29.9 Å². The number of nitrogens with one attached hydrogen (secondary N) is 1. The minimum atomic E-state index is 0. The van der Waals surface area contributed by atoms with Crippen molar-refractivity contribution in [1.82, 2.24) is 15.1 Å². The van der Waals surface area contributed by atoms with Crippen molar-refractivity contribution in [2.24, 2.45) is 4.99 Å². The summed E-state index contributed by atoms with van der Waals surface area (Å²) in [5.41, 5.74) is 1.14. The number of aliphatic imine (C=N–C) groups is 1. The van der Waals surface area contributed by atoms with E-state index >= 15 is 0 Å². The molecule has 1 fully saturated rings. The number of carbonyl (C=O) groups excluding carboxylic acids is 1. The lowest BCUT2D eigenvalue weighted by atomic mass is 10.1. The van der Waals surface area contributed by atoms with E-state index in [1.165, 1.54) is 0 Å². The lowest BCUT2D eigenvalue weighted by Crippen LogP contribution is -2.47. The van der Waals surface area contributed by atoms with Gasteiger partial charge in [-0.05, 0) is 25.3 Å². The van der Waals surface area contributed by atoms with Gasteiger partial charge in [-0.1, -0.05) is 30.3 Å². The molecular formula is C20H33IN4O2. The molecule has 27 heavy (non-hydrogen) atoms. The summed E-state index contributed by atoms with van der Waals surface area (Å²) in [6, 6.07) is 10.0. The van der Waals surface area contributed by atoms with E-state index in [0.29, 0.717) is 25.6 Å². The van der Waals surface area contributed by atoms with Gasteiger partial charge in [0.25, 0.3) is 0 Å². The fourth-order valence-corrected chi connectivity index (χ4v) is 3.22. The van der Waals surface area contributed by atoms with Crippen LogP contribution in [-0.2, 0) is 16.1 Å². The van der Waals surface area contributed by atoms with Crippen LogP contribution < -0.4 is 5.32 Å². The number of ether oxygens (including phenoxy) is 1. The van der Waals surface area contributed by atoms with Crippen LogP contribution in [0.4, 0.5) is 0 Å². The number of hydrogen-bond donors (Lipinski definition) is 1. The zero-order valence-corrected chi connectivity index (χ0v) is 19.0. The maximum absolute atomic E-state index is 12.3. The standard InChI is InChI=1S/C20H32N4O2.HI/c1-4-26-18-11-14-24(15-12-18)20(21-2)22-13-10-19(25)23(3)16-17-8-6-5-7-9-17;/h5-9,18H,4,10-16H2,1-3H3,(H,21,22);1H. The van der Waals surface area contributed by atoms with Gasteiger partial charge in [0.15, 0.2) is 5.96 Å². The first-order chi connectivity index (χ1) is 12.6. The highest BCUT2D eigenvalue weighted by atomic mass is 127. The molecule has 1 aliphatic heterocycles. The van der Waals surface area contributed by atoms with Crippen LogP contribution in [0.5, 0.6) is 0 Å². The van der Waals surface area contributed by atoms with Crippen molar-refractivity contribution in [3.05, 3.63) is 35.9 Å². The summed E-state index contributed by atoms with van der Waals surface area (Å²) in [7, 11) is 3.64. The molecule has 0 saturated carbocycles. The van der Waals surface area contributed by atoms with E-state index in [4.69, 9.17) is 4.74 Å². The zero-order valence-electron chi connectivity index (χ0n) is 16.7. The van der Waals surface area contributed by atoms with E-state index in [0.717, 1.165) is 44.1 Å². The van der Waals surface area contributed by atoms with E-state index in [9.17, 15) is 4.79 Å². The average Bonchev–Trinajstić information content (AvgIpc) is 2.67. The molecule has 1 saturated heterocycles. The van der Waals surface area contributed by atoms with Crippen molar-refractivity contribution in [3.63, 3.8) is 0 Å². The van der Waals surface area contributed by atoms with Gasteiger partial charge in [0.05, 0.1) is 6.10 Å². The monoisotopic (exact) mass is 488 g/mol. The van der Waals surface area contributed by atoms with Crippen LogP contribution in [-0.4, -0.2) is 68.1 Å². The largest absolute Gasteiger partial charge is 0.378 e. The predicted molar refractivity (Wildman–Crippen MR) is 121 cm³/mol. The summed E-state index contributed by atoms with van der Waals surface area (Å²) in [6.07, 6.45) is 2.86. The van der Waals surface area contributed by atoms with Gasteiger partial charge < -0.3 is 19.9 Å². The average molecular weight is 488 g/mol. The predicted octanol–water partition coefficient (Wildman–Crippen LogP) is 2.73. The Morgan fingerprint density at radius 1 is 1.30 bits per heavy atom. The number of halogens is 1. The molecule has 1 amide bonds. The van der Waals surface area contributed by atoms with Crippen LogP contribution in [0, 0.1) is 0 Å². The summed E-state index contributed by atoms with van der Waals surface area (Å²) in [5, 5.41) is 3.32. The van der Waals surface area contributed by atoms with Gasteiger partial charge in [-0.3, -0.25) is 9.79 Å². The molecule has 1 aliphatic rings. The van der Waals surface area contributed by atoms with E-state index in [2.05, 4.69) is 15.2 Å². The van der Waals surface area contributed by atoms with Gasteiger partial charge in [0.1, 0.15) is 0 Å². The van der Waals surface area contributed by atoms with Crippen molar-refractivity contribution in [2.75, 3.05) is 40.3 Å². The highest BCUT2D eigenvalue weighted by Gasteiger charge is 2.21. The number of likely N-dealkylation sites (tertiary alicyclic amines) is 1. The molecule has 1 aromatic rings. The molecule has 0 aromatic heterocycles. The fourth-order valence-electron chi connectivity index (χ4n) is 3.22. The number of hydrogen-bond acceptors (Lipinski definition) is 3. The molecule has 152 valence electrons. The molecule has 0 atom stereocenters. The molecule has 0 spiro atoms. The molecule has 0 bridgehead atoms. The summed E-state index contributed by atoms with van der Waals surface area (Å²) in [6.45, 7) is 5.92. The van der Waals surface area contributed by atoms with Gasteiger partial charge in [-0.25, -0.2) is 0 Å². The fraction of sp³-hybridized carbons (Fsp3) is 0.600. The third-order valence-corrected chi connectivity index (χ3v) is 4.67. The van der Waals surface area contributed by atoms with Crippen molar-refractivity contribution in [3.8, 4) is 0 Å². The minimum Gasteiger partial charge on any atom is -0.378 e. The van der Waals surface area contributed by atoms with Gasteiger partial charge >= 0.3 is 0 Å². The van der Waals surface area contributed by atoms with Crippen LogP contribution in [0.15, 0.2) is 35.3 Å². The SMILES string of the molecule is CCOC1CCN(C(=NC)NCCC(=O)N(C)Cc2ccccc2)CC1.I. The van der Waals surface area contributed by atoms with Crippen molar-refractivity contribution in [1.29, 1.82) is 0 Å². The Labute approximate surface area is 180 Å². The molecule has 6 nitrogen and oxygen atoms in total. The molecule has 1 aromatic carbocycles. The Morgan fingerprint density at radius 2 is 1.96 bits per heavy atom. The molecule has 1 heterocycles. The second-order valence-electron chi connectivity index (χ2n) is 6.60. The van der Waals surface area contributed by atoms with Gasteiger partial charge in [0, 0.05) is 53.3 Å². The highest BCUT2D eigenvalue weighted by molar-refractivity contribution is 14.0. The Balaban J connectivity index is 0.00000364. The van der Waals surface area contributed by atoms with Crippen LogP contribution in [0.1, 0.15) is 31.7 Å². The smallest absolute Gasteiger partial charge is 0.224 e. The maximum atomic E-state index is 12.3. The van der Waals surface area contributed by atoms with Gasteiger partial charge in [-0.15, -0.1) is 24.0 Å². The van der Waals surface area contributed by atoms with Crippen molar-refractivity contribution < 1.29 is 9.53 Å². The molecule has 1 N–H and O–H groups in total. The summed E-state index contributed by atoms with van der Waals surface area (Å²) >= 11 is 0. The topological polar surface area (TPSA) is 57.2 Å². The number of rotatable bonds is 7. The van der Waals surface area contributed by atoms with E-state index < -0.39 is 0 Å². The third kappa shape index (κ3) is 8.04. The van der Waals surface area contributed by atoms with Crippen LogP contribution >= 0.6 is 24.0 Å². The van der Waals surface area contributed by atoms with Crippen molar-refractivity contribution in [2.45, 2.75) is 38.8 Å². The highest BCUT2D eigenvalue weighted by Crippen LogP contribution is 2.13. The summed E-state index contributed by atoms with van der Waals surface area (Å²) in [4.78, 5) is 20.7. The quantitative estimate of drug-likeness (QED) is 0.365. The van der Waals surface area contributed by atoms with Gasteiger partial charge in [0.2, 0.25) is 5.91 Å². The zero-order chi connectivity index (χ0) is 18.8. The number of piperidine rings is 1. The lowest BCUT2D eigenvalue weighted by Gasteiger charge is -2.34. The van der Waals surface area contributed by atoms with Crippen LogP contribution in [0.3, 0.4) is 0 Å². The normalized spacial score (nSPS) is 15.2. The number of guanidine groups is 1. The molecule has 0 aliphatic carbocycles.